The second-order valence-corrected chi connectivity index (χ2v) is 6.13. The van der Waals surface area contributed by atoms with Gasteiger partial charge in [-0.1, -0.05) is 23.7 Å². The molecule has 26 heavy (non-hydrogen) atoms. The fourth-order valence-electron chi connectivity index (χ4n) is 2.57. The average molecular weight is 379 g/mol. The molecule has 5 nitrogen and oxygen atoms in total. The van der Waals surface area contributed by atoms with Crippen LogP contribution in [0.4, 0.5) is 14.5 Å². The number of imide groups is 1. The highest BCUT2D eigenvalue weighted by atomic mass is 35.5. The first kappa shape index (κ1) is 18.0. The van der Waals surface area contributed by atoms with Crippen molar-refractivity contribution in [3.63, 3.8) is 0 Å². The van der Waals surface area contributed by atoms with Crippen molar-refractivity contribution in [3.05, 3.63) is 64.2 Å². The summed E-state index contributed by atoms with van der Waals surface area (Å²) < 4.78 is 27.0. The highest BCUT2D eigenvalue weighted by Crippen LogP contribution is 2.23. The molecule has 0 atom stereocenters. The lowest BCUT2D eigenvalue weighted by atomic mass is 10.1. The largest absolute Gasteiger partial charge is 0.322 e. The van der Waals surface area contributed by atoms with Crippen LogP contribution >= 0.6 is 11.6 Å². The highest BCUT2D eigenvalue weighted by molar-refractivity contribution is 6.31. The molecule has 0 saturated carbocycles. The van der Waals surface area contributed by atoms with E-state index in [-0.39, 0.29) is 36.8 Å². The van der Waals surface area contributed by atoms with E-state index in [1.54, 1.807) is 24.3 Å². The van der Waals surface area contributed by atoms with E-state index in [9.17, 15) is 23.2 Å². The summed E-state index contributed by atoms with van der Waals surface area (Å²) >= 11 is 5.47. The molecule has 3 rings (SSSR count). The number of amides is 3. The minimum absolute atomic E-state index is 0.161. The van der Waals surface area contributed by atoms with Crippen LogP contribution in [-0.2, 0) is 16.1 Å². The number of nitrogens with one attached hydrogen (secondary N) is 1. The van der Waals surface area contributed by atoms with Gasteiger partial charge in [-0.2, -0.15) is 0 Å². The van der Waals surface area contributed by atoms with Crippen molar-refractivity contribution < 1.29 is 23.2 Å². The number of hydrogen-bond acceptors (Lipinski definition) is 3. The molecule has 0 unspecified atom stereocenters. The Balaban J connectivity index is 1.69. The molecule has 0 aromatic heterocycles. The first-order valence-corrected chi connectivity index (χ1v) is 8.11. The summed E-state index contributed by atoms with van der Waals surface area (Å²) in [5.74, 6) is -3.28. The zero-order chi connectivity index (χ0) is 18.8. The number of likely N-dealkylation sites (tertiary alicyclic amines) is 1. The number of benzene rings is 2. The molecule has 2 aromatic rings. The maximum absolute atomic E-state index is 13.9. The summed E-state index contributed by atoms with van der Waals surface area (Å²) in [6, 6.07) is 8.31. The second-order valence-electron chi connectivity index (χ2n) is 5.75. The molecule has 1 saturated heterocycles. The van der Waals surface area contributed by atoms with Crippen LogP contribution in [0.3, 0.4) is 0 Å². The van der Waals surface area contributed by atoms with Crippen molar-refractivity contribution in [2.75, 3.05) is 5.32 Å². The Morgan fingerprint density at radius 1 is 1.04 bits per heavy atom. The molecule has 3 amide bonds. The average Bonchev–Trinajstić information content (AvgIpc) is 2.93. The quantitative estimate of drug-likeness (QED) is 0.654. The zero-order valence-electron chi connectivity index (χ0n) is 13.4. The fraction of sp³-hybridized carbons (Fsp3) is 0.167. The monoisotopic (exact) mass is 378 g/mol. The smallest absolute Gasteiger partial charge is 0.258 e. The number of carbonyl (C=O) groups excluding carboxylic acids is 3. The lowest BCUT2D eigenvalue weighted by Gasteiger charge is -2.14. The van der Waals surface area contributed by atoms with Crippen molar-refractivity contribution in [1.82, 2.24) is 4.90 Å². The van der Waals surface area contributed by atoms with Gasteiger partial charge >= 0.3 is 0 Å². The molecule has 0 spiro atoms. The standard InChI is InChI=1S/C18H13ClF2N2O3/c19-16-13(20)6-5-12(17(16)21)18(26)22-11-3-1-10(2-4-11)9-23-14(24)7-8-15(23)25/h1-6H,7-9H2,(H,22,26). The molecule has 2 aromatic carbocycles. The molecule has 8 heteroatoms. The third kappa shape index (κ3) is 3.57. The first-order valence-electron chi connectivity index (χ1n) is 7.74. The van der Waals surface area contributed by atoms with Gasteiger partial charge in [-0.3, -0.25) is 19.3 Å². The van der Waals surface area contributed by atoms with Gasteiger partial charge in [-0.05, 0) is 29.8 Å². The Morgan fingerprint density at radius 2 is 1.65 bits per heavy atom. The third-order valence-electron chi connectivity index (χ3n) is 3.99. The van der Waals surface area contributed by atoms with Gasteiger partial charge in [0.15, 0.2) is 5.82 Å². The minimum Gasteiger partial charge on any atom is -0.322 e. The van der Waals surface area contributed by atoms with Gasteiger partial charge in [0, 0.05) is 18.5 Å². The van der Waals surface area contributed by atoms with Gasteiger partial charge in [-0.25, -0.2) is 8.78 Å². The number of anilines is 1. The molecule has 1 N–H and O–H groups in total. The van der Waals surface area contributed by atoms with Gasteiger partial charge < -0.3 is 5.32 Å². The Labute approximate surface area is 152 Å². The summed E-state index contributed by atoms with van der Waals surface area (Å²) in [6.07, 6.45) is 0.442. The summed E-state index contributed by atoms with van der Waals surface area (Å²) in [5.41, 5.74) is 0.703. The SMILES string of the molecule is O=C(Nc1ccc(CN2C(=O)CCC2=O)cc1)c1ccc(F)c(Cl)c1F. The van der Waals surface area contributed by atoms with E-state index in [4.69, 9.17) is 11.6 Å². The van der Waals surface area contributed by atoms with Gasteiger partial charge in [0.2, 0.25) is 11.8 Å². The van der Waals surface area contributed by atoms with Crippen LogP contribution in [0.1, 0.15) is 28.8 Å². The van der Waals surface area contributed by atoms with Gasteiger partial charge in [0.05, 0.1) is 12.1 Å². The lowest BCUT2D eigenvalue weighted by molar-refractivity contribution is -0.139. The highest BCUT2D eigenvalue weighted by Gasteiger charge is 2.28. The topological polar surface area (TPSA) is 66.5 Å². The van der Waals surface area contributed by atoms with Crippen molar-refractivity contribution >= 4 is 35.0 Å². The fourth-order valence-corrected chi connectivity index (χ4v) is 2.74. The second kappa shape index (κ2) is 7.21. The molecule has 0 aliphatic carbocycles. The van der Waals surface area contributed by atoms with Crippen LogP contribution in [0, 0.1) is 11.6 Å². The molecule has 1 fully saturated rings. The van der Waals surface area contributed by atoms with Crippen LogP contribution in [-0.4, -0.2) is 22.6 Å². The third-order valence-corrected chi connectivity index (χ3v) is 4.33. The van der Waals surface area contributed by atoms with E-state index in [1.807, 2.05) is 0 Å². The number of nitrogens with zero attached hydrogens (tertiary/aromatic N) is 1. The van der Waals surface area contributed by atoms with Crippen LogP contribution in [0.2, 0.25) is 5.02 Å². The van der Waals surface area contributed by atoms with Crippen molar-refractivity contribution in [2.45, 2.75) is 19.4 Å². The number of carbonyl (C=O) groups is 3. The van der Waals surface area contributed by atoms with E-state index in [1.165, 1.54) is 4.90 Å². The molecular weight excluding hydrogens is 366 g/mol. The summed E-state index contributed by atoms with van der Waals surface area (Å²) in [5, 5.41) is 1.73. The van der Waals surface area contributed by atoms with Crippen LogP contribution in [0.15, 0.2) is 36.4 Å². The summed E-state index contributed by atoms with van der Waals surface area (Å²) in [7, 11) is 0. The Hall–Kier alpha value is -2.80. The molecule has 0 radical (unpaired) electrons. The van der Waals surface area contributed by atoms with E-state index in [0.717, 1.165) is 12.1 Å². The van der Waals surface area contributed by atoms with E-state index in [0.29, 0.717) is 11.3 Å². The van der Waals surface area contributed by atoms with E-state index in [2.05, 4.69) is 5.32 Å². The van der Waals surface area contributed by atoms with Crippen molar-refractivity contribution in [1.29, 1.82) is 0 Å². The summed E-state index contributed by atoms with van der Waals surface area (Å²) in [4.78, 5) is 36.5. The van der Waals surface area contributed by atoms with Crippen molar-refractivity contribution in [3.8, 4) is 0 Å². The van der Waals surface area contributed by atoms with Crippen LogP contribution in [0.25, 0.3) is 0 Å². The predicted molar refractivity (Wildman–Crippen MR) is 90.6 cm³/mol. The molecular formula is C18H13ClF2N2O3. The molecule has 134 valence electrons. The van der Waals surface area contributed by atoms with Gasteiger partial charge in [0.1, 0.15) is 10.8 Å². The van der Waals surface area contributed by atoms with E-state index >= 15 is 0 Å². The Morgan fingerprint density at radius 3 is 2.27 bits per heavy atom. The number of hydrogen-bond donors (Lipinski definition) is 1. The Kier molecular flexibility index (Phi) is 4.99. The summed E-state index contributed by atoms with van der Waals surface area (Å²) in [6.45, 7) is 0.161. The lowest BCUT2D eigenvalue weighted by Crippen LogP contribution is -2.28. The van der Waals surface area contributed by atoms with E-state index < -0.39 is 22.6 Å². The van der Waals surface area contributed by atoms with Crippen LogP contribution in [0.5, 0.6) is 0 Å². The zero-order valence-corrected chi connectivity index (χ0v) is 14.1. The molecule has 1 aliphatic heterocycles. The van der Waals surface area contributed by atoms with Crippen LogP contribution < -0.4 is 5.32 Å². The Bertz CT molecular complexity index is 884. The van der Waals surface area contributed by atoms with Crippen molar-refractivity contribution in [2.24, 2.45) is 0 Å². The predicted octanol–water partition coefficient (Wildman–Crippen LogP) is 3.52. The first-order chi connectivity index (χ1) is 12.4. The minimum atomic E-state index is -1.13. The number of rotatable bonds is 4. The van der Waals surface area contributed by atoms with Gasteiger partial charge in [-0.15, -0.1) is 0 Å². The molecule has 1 heterocycles. The maximum atomic E-state index is 13.9. The van der Waals surface area contributed by atoms with Gasteiger partial charge in [0.25, 0.3) is 5.91 Å². The molecule has 0 bridgehead atoms. The molecule has 1 aliphatic rings. The number of halogens is 3. The normalized spacial score (nSPS) is 14.0. The maximum Gasteiger partial charge on any atom is 0.258 e.